The lowest BCUT2D eigenvalue weighted by Crippen LogP contribution is -2.17. The molecule has 0 bridgehead atoms. The molecule has 0 atom stereocenters. The fourth-order valence-electron chi connectivity index (χ4n) is 2.95. The van der Waals surface area contributed by atoms with Gasteiger partial charge in [-0.1, -0.05) is 5.21 Å². The van der Waals surface area contributed by atoms with Gasteiger partial charge in [-0.25, -0.2) is 14.6 Å². The third-order valence-corrected chi connectivity index (χ3v) is 5.26. The smallest absolute Gasteiger partial charge is 0.287 e. The third-order valence-electron chi connectivity index (χ3n) is 4.17. The topological polar surface area (TPSA) is 86.7 Å². The van der Waals surface area contributed by atoms with Crippen LogP contribution in [0, 0.1) is 0 Å². The Kier molecular flexibility index (Phi) is 3.75. The summed E-state index contributed by atoms with van der Waals surface area (Å²) in [6.07, 6.45) is 1.60. The van der Waals surface area contributed by atoms with Crippen molar-refractivity contribution in [1.82, 2.24) is 34.7 Å². The van der Waals surface area contributed by atoms with Gasteiger partial charge in [-0.05, 0) is 11.6 Å². The number of hydrogen-bond acceptors (Lipinski definition) is 7. The summed E-state index contributed by atoms with van der Waals surface area (Å²) >= 11 is 1.63. The molecule has 12 heteroatoms. The minimum atomic E-state index is -4.34. The number of alkyl halides is 3. The average Bonchev–Trinajstić information content (AvgIpc) is 3.37. The van der Waals surface area contributed by atoms with Crippen LogP contribution in [-0.2, 0) is 19.6 Å². The molecule has 5 heterocycles. The summed E-state index contributed by atoms with van der Waals surface area (Å²) in [6.45, 7) is 0.0117. The van der Waals surface area contributed by atoms with Gasteiger partial charge in [0.1, 0.15) is 6.54 Å². The van der Waals surface area contributed by atoms with Crippen molar-refractivity contribution in [1.29, 1.82) is 0 Å². The third kappa shape index (κ3) is 3.15. The van der Waals surface area contributed by atoms with Crippen LogP contribution >= 0.6 is 11.3 Å². The minimum Gasteiger partial charge on any atom is -0.287 e. The van der Waals surface area contributed by atoms with Crippen molar-refractivity contribution in [3.63, 3.8) is 0 Å². The molecule has 0 amide bonds. The van der Waals surface area contributed by atoms with Crippen LogP contribution in [0.5, 0.6) is 0 Å². The fourth-order valence-corrected chi connectivity index (χ4v) is 4.01. The maximum absolute atomic E-state index is 12.5. The van der Waals surface area contributed by atoms with Crippen LogP contribution in [0.15, 0.2) is 29.6 Å². The first-order chi connectivity index (χ1) is 13.4. The fraction of sp³-hybridized carbons (Fsp3) is 0.250. The van der Waals surface area contributed by atoms with E-state index < -0.39 is 12.7 Å². The van der Waals surface area contributed by atoms with Crippen LogP contribution in [0.2, 0.25) is 0 Å². The van der Waals surface area contributed by atoms with Gasteiger partial charge in [0.2, 0.25) is 5.65 Å². The highest BCUT2D eigenvalue weighted by Crippen LogP contribution is 2.27. The van der Waals surface area contributed by atoms with E-state index in [2.05, 4.69) is 36.4 Å². The quantitative estimate of drug-likeness (QED) is 0.522. The van der Waals surface area contributed by atoms with Gasteiger partial charge in [0.15, 0.2) is 5.65 Å². The molecule has 0 aromatic carbocycles. The maximum Gasteiger partial charge on any atom is 0.408 e. The average molecular weight is 404 g/mol. The molecule has 28 heavy (non-hydrogen) atoms. The highest BCUT2D eigenvalue weighted by atomic mass is 32.1. The molecule has 0 unspecified atom stereocenters. The molecule has 0 saturated heterocycles. The highest BCUT2D eigenvalue weighted by Gasteiger charge is 2.28. The van der Waals surface area contributed by atoms with Gasteiger partial charge in [0, 0.05) is 22.9 Å². The number of hydrogen-bond donors (Lipinski definition) is 0. The van der Waals surface area contributed by atoms with E-state index in [4.69, 9.17) is 0 Å². The first-order valence-corrected chi connectivity index (χ1v) is 9.03. The predicted molar refractivity (Wildman–Crippen MR) is 95.1 cm³/mol. The molecule has 8 nitrogen and oxygen atoms in total. The lowest BCUT2D eigenvalue weighted by molar-refractivity contribution is -0.142. The Balaban J connectivity index is 1.45. The van der Waals surface area contributed by atoms with Crippen LogP contribution in [0.3, 0.4) is 0 Å². The molecular formula is C16H11F3N8S. The van der Waals surface area contributed by atoms with Gasteiger partial charge >= 0.3 is 6.18 Å². The Morgan fingerprint density at radius 1 is 1.21 bits per heavy atom. The Hall–Kier alpha value is -3.15. The molecule has 5 rings (SSSR count). The minimum absolute atomic E-state index is 0.372. The Labute approximate surface area is 159 Å². The van der Waals surface area contributed by atoms with Crippen molar-refractivity contribution >= 4 is 28.8 Å². The molecule has 142 valence electrons. The first-order valence-electron chi connectivity index (χ1n) is 8.22. The Morgan fingerprint density at radius 2 is 2.11 bits per heavy atom. The van der Waals surface area contributed by atoms with Crippen molar-refractivity contribution in [3.05, 3.63) is 40.0 Å². The molecular weight excluding hydrogens is 393 g/mol. The van der Waals surface area contributed by atoms with Crippen molar-refractivity contribution in [2.45, 2.75) is 25.8 Å². The monoisotopic (exact) mass is 404 g/mol. The van der Waals surface area contributed by atoms with Crippen molar-refractivity contribution < 1.29 is 13.2 Å². The van der Waals surface area contributed by atoms with E-state index in [1.54, 1.807) is 16.0 Å². The van der Waals surface area contributed by atoms with Crippen LogP contribution in [0.1, 0.15) is 15.3 Å². The SMILES string of the molecule is FC(F)(F)Cn1cc(-c2cnc3nnn(Cc4cc5c(s4)C=NC5)c3n2)cn1. The molecule has 4 aromatic rings. The van der Waals surface area contributed by atoms with E-state index >= 15 is 0 Å². The Morgan fingerprint density at radius 3 is 2.93 bits per heavy atom. The van der Waals surface area contributed by atoms with Gasteiger partial charge in [-0.15, -0.1) is 16.4 Å². The zero-order valence-electron chi connectivity index (χ0n) is 14.1. The molecule has 1 aliphatic rings. The highest BCUT2D eigenvalue weighted by molar-refractivity contribution is 7.14. The number of aliphatic imine (C=N–C) groups is 1. The number of thiophene rings is 1. The molecule has 0 N–H and O–H groups in total. The first kappa shape index (κ1) is 17.0. The summed E-state index contributed by atoms with van der Waals surface area (Å²) in [5.74, 6) is 0. The van der Waals surface area contributed by atoms with Crippen molar-refractivity contribution in [2.75, 3.05) is 0 Å². The number of aromatic nitrogens is 7. The normalized spacial score (nSPS) is 13.5. The zero-order chi connectivity index (χ0) is 19.3. The lowest BCUT2D eigenvalue weighted by atomic mass is 10.2. The summed E-state index contributed by atoms with van der Waals surface area (Å²) in [7, 11) is 0. The molecule has 0 aliphatic carbocycles. The van der Waals surface area contributed by atoms with Gasteiger partial charge < -0.3 is 0 Å². The molecule has 0 radical (unpaired) electrons. The van der Waals surface area contributed by atoms with E-state index in [0.29, 0.717) is 35.6 Å². The van der Waals surface area contributed by atoms with E-state index in [-0.39, 0.29) is 0 Å². The lowest BCUT2D eigenvalue weighted by Gasteiger charge is -2.05. The summed E-state index contributed by atoms with van der Waals surface area (Å²) in [6, 6.07) is 2.08. The standard InChI is InChI=1S/C16H11F3N8S/c17-16(18,19)8-26-6-10(3-22-26)12-4-21-14-15(23-12)27(25-24-14)7-11-1-9-2-20-5-13(9)28-11/h1,3-6H,2,7-8H2. The maximum atomic E-state index is 12.5. The van der Waals surface area contributed by atoms with Crippen molar-refractivity contribution in [3.8, 4) is 11.3 Å². The number of fused-ring (bicyclic) bond motifs is 2. The second-order valence-corrected chi connectivity index (χ2v) is 7.43. The molecule has 1 aliphatic heterocycles. The van der Waals surface area contributed by atoms with Crippen LogP contribution in [0.25, 0.3) is 22.6 Å². The van der Waals surface area contributed by atoms with Gasteiger partial charge in [0.05, 0.1) is 36.1 Å². The van der Waals surface area contributed by atoms with Gasteiger partial charge in [0.25, 0.3) is 0 Å². The van der Waals surface area contributed by atoms with E-state index in [1.807, 2.05) is 6.21 Å². The number of rotatable bonds is 4. The van der Waals surface area contributed by atoms with E-state index in [1.165, 1.54) is 24.2 Å². The summed E-state index contributed by atoms with van der Waals surface area (Å²) in [4.78, 5) is 15.2. The van der Waals surface area contributed by atoms with Crippen LogP contribution in [-0.4, -0.2) is 47.1 Å². The van der Waals surface area contributed by atoms with Crippen molar-refractivity contribution in [2.24, 2.45) is 4.99 Å². The van der Waals surface area contributed by atoms with Crippen LogP contribution < -0.4 is 0 Å². The molecule has 0 spiro atoms. The molecule has 4 aromatic heterocycles. The summed E-state index contributed by atoms with van der Waals surface area (Å²) in [5.41, 5.74) is 2.87. The second-order valence-electron chi connectivity index (χ2n) is 6.26. The zero-order valence-corrected chi connectivity index (χ0v) is 14.9. The molecule has 0 fully saturated rings. The van der Waals surface area contributed by atoms with E-state index in [0.717, 1.165) is 14.4 Å². The van der Waals surface area contributed by atoms with Gasteiger partial charge in [-0.2, -0.15) is 18.3 Å². The van der Waals surface area contributed by atoms with E-state index in [9.17, 15) is 13.2 Å². The molecule has 0 saturated carbocycles. The number of nitrogens with zero attached hydrogens (tertiary/aromatic N) is 8. The Bertz CT molecular complexity index is 1200. The predicted octanol–water partition coefficient (Wildman–Crippen LogP) is 2.69. The number of halogens is 3. The largest absolute Gasteiger partial charge is 0.408 e. The summed E-state index contributed by atoms with van der Waals surface area (Å²) in [5, 5.41) is 11.9. The van der Waals surface area contributed by atoms with Gasteiger partial charge in [-0.3, -0.25) is 9.67 Å². The van der Waals surface area contributed by atoms with Crippen LogP contribution in [0.4, 0.5) is 13.2 Å². The summed E-state index contributed by atoms with van der Waals surface area (Å²) < 4.78 is 40.0. The second kappa shape index (κ2) is 6.19.